The largest absolute Gasteiger partial charge is 0.348 e. The number of hydrogen-bond acceptors (Lipinski definition) is 5. The standard InChI is InChI=1S/C17H13N3O3S/c21-17(19-10-12-7-9-24-11-12)14-6-8-18-15(16(14)20(22)23)13-4-2-1-3-5-13/h1-9,11H,10H2,(H,19,21). The summed E-state index contributed by atoms with van der Waals surface area (Å²) in [7, 11) is 0. The van der Waals surface area contributed by atoms with Crippen LogP contribution in [0.15, 0.2) is 59.4 Å². The maximum Gasteiger partial charge on any atom is 0.308 e. The van der Waals surface area contributed by atoms with Crippen LogP contribution in [0.4, 0.5) is 5.69 Å². The smallest absolute Gasteiger partial charge is 0.308 e. The lowest BCUT2D eigenvalue weighted by Gasteiger charge is -2.08. The first-order valence-electron chi connectivity index (χ1n) is 7.15. The van der Waals surface area contributed by atoms with E-state index in [4.69, 9.17) is 0 Å². The van der Waals surface area contributed by atoms with E-state index < -0.39 is 10.8 Å². The third-order valence-electron chi connectivity index (χ3n) is 3.43. The number of pyridine rings is 1. The number of nitro groups is 1. The van der Waals surface area contributed by atoms with Crippen LogP contribution in [0.5, 0.6) is 0 Å². The van der Waals surface area contributed by atoms with Gasteiger partial charge in [0.05, 0.1) is 4.92 Å². The van der Waals surface area contributed by atoms with Gasteiger partial charge in [0.2, 0.25) is 0 Å². The normalized spacial score (nSPS) is 10.3. The lowest BCUT2D eigenvalue weighted by atomic mass is 10.1. The molecule has 7 heteroatoms. The summed E-state index contributed by atoms with van der Waals surface area (Å²) in [4.78, 5) is 27.5. The number of nitrogens with zero attached hydrogens (tertiary/aromatic N) is 2. The summed E-state index contributed by atoms with van der Waals surface area (Å²) < 4.78 is 0. The Kier molecular flexibility index (Phi) is 4.62. The van der Waals surface area contributed by atoms with Gasteiger partial charge in [-0.05, 0) is 28.5 Å². The van der Waals surface area contributed by atoms with Crippen LogP contribution in [-0.2, 0) is 6.54 Å². The second-order valence-corrected chi connectivity index (χ2v) is 5.77. The van der Waals surface area contributed by atoms with E-state index in [1.54, 1.807) is 24.3 Å². The molecule has 0 unspecified atom stereocenters. The highest BCUT2D eigenvalue weighted by Crippen LogP contribution is 2.30. The predicted molar refractivity (Wildman–Crippen MR) is 91.8 cm³/mol. The molecule has 2 heterocycles. The molecule has 1 aromatic carbocycles. The van der Waals surface area contributed by atoms with Crippen molar-refractivity contribution in [2.45, 2.75) is 6.54 Å². The quantitative estimate of drug-likeness (QED) is 0.568. The molecule has 0 radical (unpaired) electrons. The Morgan fingerprint density at radius 3 is 2.67 bits per heavy atom. The van der Waals surface area contributed by atoms with Crippen molar-refractivity contribution in [3.8, 4) is 11.3 Å². The molecule has 0 aliphatic heterocycles. The Bertz CT molecular complexity index is 864. The Morgan fingerprint density at radius 2 is 2.00 bits per heavy atom. The van der Waals surface area contributed by atoms with E-state index in [0.29, 0.717) is 12.1 Å². The fraction of sp³-hybridized carbons (Fsp3) is 0.0588. The summed E-state index contributed by atoms with van der Waals surface area (Å²) >= 11 is 1.53. The molecule has 2 aromatic heterocycles. The molecule has 120 valence electrons. The molecule has 0 fully saturated rings. The minimum atomic E-state index is -0.561. The van der Waals surface area contributed by atoms with E-state index in [2.05, 4.69) is 10.3 Å². The van der Waals surface area contributed by atoms with Gasteiger partial charge in [-0.2, -0.15) is 11.3 Å². The van der Waals surface area contributed by atoms with Crippen LogP contribution >= 0.6 is 11.3 Å². The van der Waals surface area contributed by atoms with Gasteiger partial charge >= 0.3 is 5.69 Å². The van der Waals surface area contributed by atoms with Crippen molar-refractivity contribution in [1.29, 1.82) is 0 Å². The fourth-order valence-corrected chi connectivity index (χ4v) is 2.97. The van der Waals surface area contributed by atoms with Crippen molar-refractivity contribution in [3.63, 3.8) is 0 Å². The summed E-state index contributed by atoms with van der Waals surface area (Å²) in [6, 6.07) is 12.1. The van der Waals surface area contributed by atoms with E-state index in [0.717, 1.165) is 5.56 Å². The molecule has 24 heavy (non-hydrogen) atoms. The van der Waals surface area contributed by atoms with Gasteiger partial charge in [-0.1, -0.05) is 30.3 Å². The van der Waals surface area contributed by atoms with Crippen molar-refractivity contribution in [3.05, 3.63) is 80.7 Å². The first-order chi connectivity index (χ1) is 11.7. The minimum absolute atomic E-state index is 0.00378. The van der Waals surface area contributed by atoms with Crippen molar-refractivity contribution in [1.82, 2.24) is 10.3 Å². The number of carbonyl (C=O) groups excluding carboxylic acids is 1. The Labute approximate surface area is 141 Å². The number of benzene rings is 1. The van der Waals surface area contributed by atoms with Gasteiger partial charge in [-0.15, -0.1) is 0 Å². The van der Waals surface area contributed by atoms with Gasteiger partial charge < -0.3 is 5.32 Å². The number of amides is 1. The SMILES string of the molecule is O=C(NCc1ccsc1)c1ccnc(-c2ccccc2)c1[N+](=O)[O-]. The molecule has 0 saturated heterocycles. The summed E-state index contributed by atoms with van der Waals surface area (Å²) in [5, 5.41) is 18.1. The zero-order valence-electron chi connectivity index (χ0n) is 12.5. The molecule has 0 saturated carbocycles. The van der Waals surface area contributed by atoms with Crippen LogP contribution in [0.2, 0.25) is 0 Å². The van der Waals surface area contributed by atoms with E-state index in [1.807, 2.05) is 22.9 Å². The van der Waals surface area contributed by atoms with Crippen LogP contribution in [0.25, 0.3) is 11.3 Å². The van der Waals surface area contributed by atoms with Crippen molar-refractivity contribution in [2.75, 3.05) is 0 Å². The second-order valence-electron chi connectivity index (χ2n) is 4.99. The summed E-state index contributed by atoms with van der Waals surface area (Å²) in [6.45, 7) is 0.322. The molecule has 3 aromatic rings. The van der Waals surface area contributed by atoms with Gasteiger partial charge in [0.25, 0.3) is 5.91 Å². The first kappa shape index (κ1) is 15.8. The monoisotopic (exact) mass is 339 g/mol. The van der Waals surface area contributed by atoms with E-state index in [9.17, 15) is 14.9 Å². The number of thiophene rings is 1. The highest BCUT2D eigenvalue weighted by Gasteiger charge is 2.26. The van der Waals surface area contributed by atoms with E-state index in [1.165, 1.54) is 23.6 Å². The minimum Gasteiger partial charge on any atom is -0.348 e. The molecule has 0 spiro atoms. The van der Waals surface area contributed by atoms with Gasteiger partial charge in [0, 0.05) is 18.3 Å². The molecule has 0 aliphatic rings. The van der Waals surface area contributed by atoms with E-state index in [-0.39, 0.29) is 16.9 Å². The summed E-state index contributed by atoms with van der Waals surface area (Å²) in [5.41, 5.74) is 1.45. The number of hydrogen-bond donors (Lipinski definition) is 1. The summed E-state index contributed by atoms with van der Waals surface area (Å²) in [5.74, 6) is -0.493. The molecular weight excluding hydrogens is 326 g/mol. The number of nitrogens with one attached hydrogen (secondary N) is 1. The first-order valence-corrected chi connectivity index (χ1v) is 8.09. The van der Waals surface area contributed by atoms with Gasteiger partial charge in [0.1, 0.15) is 11.3 Å². The number of aromatic nitrogens is 1. The van der Waals surface area contributed by atoms with Crippen LogP contribution < -0.4 is 5.32 Å². The van der Waals surface area contributed by atoms with Gasteiger partial charge in [0.15, 0.2) is 0 Å². The van der Waals surface area contributed by atoms with Crippen LogP contribution in [0.3, 0.4) is 0 Å². The van der Waals surface area contributed by atoms with Crippen molar-refractivity contribution in [2.24, 2.45) is 0 Å². The molecule has 3 rings (SSSR count). The Balaban J connectivity index is 1.95. The Hall–Kier alpha value is -3.06. The van der Waals surface area contributed by atoms with Crippen LogP contribution in [0.1, 0.15) is 15.9 Å². The second kappa shape index (κ2) is 7.01. The molecule has 0 aliphatic carbocycles. The van der Waals surface area contributed by atoms with Crippen LogP contribution in [0, 0.1) is 10.1 Å². The van der Waals surface area contributed by atoms with Gasteiger partial charge in [-0.25, -0.2) is 4.98 Å². The highest BCUT2D eigenvalue weighted by molar-refractivity contribution is 7.07. The average Bonchev–Trinajstić information content (AvgIpc) is 3.13. The maximum atomic E-state index is 12.4. The summed E-state index contributed by atoms with van der Waals surface area (Å²) in [6.07, 6.45) is 1.41. The van der Waals surface area contributed by atoms with Gasteiger partial charge in [-0.3, -0.25) is 14.9 Å². The maximum absolute atomic E-state index is 12.4. The topological polar surface area (TPSA) is 85.1 Å². The lowest BCUT2D eigenvalue weighted by Crippen LogP contribution is -2.23. The van der Waals surface area contributed by atoms with Crippen LogP contribution in [-0.4, -0.2) is 15.8 Å². The Morgan fingerprint density at radius 1 is 1.21 bits per heavy atom. The highest BCUT2D eigenvalue weighted by atomic mass is 32.1. The lowest BCUT2D eigenvalue weighted by molar-refractivity contribution is -0.384. The van der Waals surface area contributed by atoms with E-state index >= 15 is 0 Å². The van der Waals surface area contributed by atoms with Crippen molar-refractivity contribution < 1.29 is 9.72 Å². The molecule has 1 N–H and O–H groups in total. The molecule has 0 atom stereocenters. The predicted octanol–water partition coefficient (Wildman–Crippen LogP) is 3.65. The molecular formula is C17H13N3O3S. The fourth-order valence-electron chi connectivity index (χ4n) is 2.30. The molecule has 6 nitrogen and oxygen atoms in total. The number of carbonyl (C=O) groups is 1. The zero-order chi connectivity index (χ0) is 16.9. The third-order valence-corrected chi connectivity index (χ3v) is 4.16. The molecule has 1 amide bonds. The number of rotatable bonds is 5. The zero-order valence-corrected chi connectivity index (χ0v) is 13.3. The third kappa shape index (κ3) is 3.31. The van der Waals surface area contributed by atoms with Crippen molar-refractivity contribution >= 4 is 22.9 Å². The average molecular weight is 339 g/mol. The molecule has 0 bridgehead atoms.